The molecular weight excluding hydrogens is 216 g/mol. The summed E-state index contributed by atoms with van der Waals surface area (Å²) in [5, 5.41) is 9.33. The van der Waals surface area contributed by atoms with Crippen molar-refractivity contribution in [3.8, 4) is 5.75 Å². The number of hydrogen-bond donors (Lipinski definition) is 1. The summed E-state index contributed by atoms with van der Waals surface area (Å²) >= 11 is 0. The second-order valence-electron chi connectivity index (χ2n) is 4.05. The number of aliphatic hydroxyl groups excluding tert-OH is 1. The highest BCUT2D eigenvalue weighted by Crippen LogP contribution is 2.22. The van der Waals surface area contributed by atoms with Crippen molar-refractivity contribution in [1.82, 2.24) is 9.55 Å². The molecule has 17 heavy (non-hydrogen) atoms. The van der Waals surface area contributed by atoms with Crippen LogP contribution < -0.4 is 4.74 Å². The molecule has 0 unspecified atom stereocenters. The maximum absolute atomic E-state index is 9.33. The van der Waals surface area contributed by atoms with Crippen LogP contribution in [0.2, 0.25) is 0 Å². The van der Waals surface area contributed by atoms with E-state index in [1.165, 1.54) is 0 Å². The van der Waals surface area contributed by atoms with E-state index in [4.69, 9.17) is 4.74 Å². The molecule has 1 N–H and O–H groups in total. The summed E-state index contributed by atoms with van der Waals surface area (Å²) in [6.45, 7) is 3.02. The van der Waals surface area contributed by atoms with Crippen LogP contribution in [0.5, 0.6) is 5.75 Å². The smallest absolute Gasteiger partial charge is 0.135 e. The normalized spacial score (nSPS) is 11.0. The van der Waals surface area contributed by atoms with Crippen LogP contribution in [0.15, 0.2) is 18.2 Å². The molecule has 0 aliphatic carbocycles. The van der Waals surface area contributed by atoms with Crippen molar-refractivity contribution in [2.24, 2.45) is 0 Å². The third kappa shape index (κ3) is 2.26. The lowest BCUT2D eigenvalue weighted by Gasteiger charge is -2.06. The SMILES string of the molecule is CCCCn1c(CO)nc2cc(OC)ccc21. The molecule has 0 saturated heterocycles. The second kappa shape index (κ2) is 5.19. The standard InChI is InChI=1S/C13H18N2O2/c1-3-4-7-15-12-6-5-10(17-2)8-11(12)14-13(15)9-16/h5-6,8,16H,3-4,7,9H2,1-2H3. The number of aromatic nitrogens is 2. The monoisotopic (exact) mass is 234 g/mol. The molecule has 0 aliphatic heterocycles. The summed E-state index contributed by atoms with van der Waals surface area (Å²) in [6.07, 6.45) is 2.21. The number of methoxy groups -OCH3 is 1. The topological polar surface area (TPSA) is 47.3 Å². The fourth-order valence-corrected chi connectivity index (χ4v) is 1.97. The van der Waals surface area contributed by atoms with Crippen molar-refractivity contribution in [2.75, 3.05) is 7.11 Å². The van der Waals surface area contributed by atoms with Crippen LogP contribution in [0.25, 0.3) is 11.0 Å². The molecule has 0 saturated carbocycles. The molecule has 4 heteroatoms. The van der Waals surface area contributed by atoms with E-state index in [0.717, 1.165) is 42.0 Å². The summed E-state index contributed by atoms with van der Waals surface area (Å²) in [5.74, 6) is 1.52. The third-order valence-corrected chi connectivity index (χ3v) is 2.91. The van der Waals surface area contributed by atoms with Crippen molar-refractivity contribution in [3.63, 3.8) is 0 Å². The molecule has 0 atom stereocenters. The summed E-state index contributed by atoms with van der Waals surface area (Å²) in [5.41, 5.74) is 1.94. The fraction of sp³-hybridized carbons (Fsp3) is 0.462. The number of ether oxygens (including phenoxy) is 1. The lowest BCUT2D eigenvalue weighted by Crippen LogP contribution is -2.03. The van der Waals surface area contributed by atoms with E-state index in [0.29, 0.717) is 0 Å². The molecule has 0 fully saturated rings. The van der Waals surface area contributed by atoms with Gasteiger partial charge in [0.1, 0.15) is 18.2 Å². The van der Waals surface area contributed by atoms with Gasteiger partial charge in [-0.15, -0.1) is 0 Å². The largest absolute Gasteiger partial charge is 0.497 e. The number of fused-ring (bicyclic) bond motifs is 1. The van der Waals surface area contributed by atoms with Crippen LogP contribution >= 0.6 is 0 Å². The Bertz CT molecular complexity index is 505. The summed E-state index contributed by atoms with van der Waals surface area (Å²) in [6, 6.07) is 5.82. The quantitative estimate of drug-likeness (QED) is 0.863. The van der Waals surface area contributed by atoms with E-state index in [-0.39, 0.29) is 6.61 Å². The summed E-state index contributed by atoms with van der Waals surface area (Å²) in [7, 11) is 1.64. The fourth-order valence-electron chi connectivity index (χ4n) is 1.97. The van der Waals surface area contributed by atoms with Gasteiger partial charge < -0.3 is 14.4 Å². The van der Waals surface area contributed by atoms with Crippen molar-refractivity contribution in [1.29, 1.82) is 0 Å². The van der Waals surface area contributed by atoms with E-state index >= 15 is 0 Å². The van der Waals surface area contributed by atoms with E-state index in [2.05, 4.69) is 16.5 Å². The molecule has 0 radical (unpaired) electrons. The lowest BCUT2D eigenvalue weighted by atomic mass is 10.3. The minimum atomic E-state index is -0.0271. The zero-order chi connectivity index (χ0) is 12.3. The Kier molecular flexibility index (Phi) is 3.64. The molecule has 0 aliphatic rings. The summed E-state index contributed by atoms with van der Waals surface area (Å²) < 4.78 is 7.26. The van der Waals surface area contributed by atoms with Crippen LogP contribution in [0.3, 0.4) is 0 Å². The van der Waals surface area contributed by atoms with Gasteiger partial charge in [-0.3, -0.25) is 0 Å². The first-order valence-corrected chi connectivity index (χ1v) is 5.94. The Morgan fingerprint density at radius 2 is 2.24 bits per heavy atom. The third-order valence-electron chi connectivity index (χ3n) is 2.91. The second-order valence-corrected chi connectivity index (χ2v) is 4.05. The first-order chi connectivity index (χ1) is 8.30. The molecular formula is C13H18N2O2. The number of hydrogen-bond acceptors (Lipinski definition) is 3. The molecule has 1 heterocycles. The average molecular weight is 234 g/mol. The molecule has 1 aromatic carbocycles. The van der Waals surface area contributed by atoms with Crippen molar-refractivity contribution < 1.29 is 9.84 Å². The van der Waals surface area contributed by atoms with Gasteiger partial charge in [0.2, 0.25) is 0 Å². The van der Waals surface area contributed by atoms with Gasteiger partial charge in [-0.1, -0.05) is 13.3 Å². The van der Waals surface area contributed by atoms with Crippen LogP contribution in [0.4, 0.5) is 0 Å². The molecule has 2 aromatic rings. The maximum Gasteiger partial charge on any atom is 0.135 e. The van der Waals surface area contributed by atoms with Crippen molar-refractivity contribution >= 4 is 11.0 Å². The number of unbranched alkanes of at least 4 members (excludes halogenated alkanes) is 1. The first kappa shape index (κ1) is 11.9. The highest BCUT2D eigenvalue weighted by molar-refractivity contribution is 5.77. The van der Waals surface area contributed by atoms with Crippen molar-refractivity contribution in [3.05, 3.63) is 24.0 Å². The van der Waals surface area contributed by atoms with E-state index < -0.39 is 0 Å². The Balaban J connectivity index is 2.47. The van der Waals surface area contributed by atoms with Crippen molar-refractivity contribution in [2.45, 2.75) is 32.9 Å². The molecule has 0 amide bonds. The molecule has 0 bridgehead atoms. The van der Waals surface area contributed by atoms with E-state index in [1.807, 2.05) is 18.2 Å². The Hall–Kier alpha value is -1.55. The number of aliphatic hydroxyl groups is 1. The minimum absolute atomic E-state index is 0.0271. The number of imidazole rings is 1. The van der Waals surface area contributed by atoms with Gasteiger partial charge in [0.25, 0.3) is 0 Å². The molecule has 2 rings (SSSR count). The van der Waals surface area contributed by atoms with Gasteiger partial charge >= 0.3 is 0 Å². The first-order valence-electron chi connectivity index (χ1n) is 5.94. The Labute approximate surface area is 101 Å². The maximum atomic E-state index is 9.33. The minimum Gasteiger partial charge on any atom is -0.497 e. The van der Waals surface area contributed by atoms with Gasteiger partial charge in [-0.25, -0.2) is 4.98 Å². The number of aryl methyl sites for hydroxylation is 1. The van der Waals surface area contributed by atoms with E-state index in [1.54, 1.807) is 7.11 Å². The van der Waals surface area contributed by atoms with Crippen LogP contribution in [-0.4, -0.2) is 21.8 Å². The Morgan fingerprint density at radius 3 is 2.88 bits per heavy atom. The predicted molar refractivity (Wildman–Crippen MR) is 67.1 cm³/mol. The number of nitrogens with zero attached hydrogens (tertiary/aromatic N) is 2. The zero-order valence-electron chi connectivity index (χ0n) is 10.3. The number of rotatable bonds is 5. The van der Waals surface area contributed by atoms with Crippen LogP contribution in [0, 0.1) is 0 Å². The van der Waals surface area contributed by atoms with Crippen LogP contribution in [-0.2, 0) is 13.2 Å². The average Bonchev–Trinajstić information content (AvgIpc) is 2.72. The number of benzene rings is 1. The van der Waals surface area contributed by atoms with Gasteiger partial charge in [0.15, 0.2) is 0 Å². The van der Waals surface area contributed by atoms with Crippen LogP contribution in [0.1, 0.15) is 25.6 Å². The lowest BCUT2D eigenvalue weighted by molar-refractivity contribution is 0.265. The molecule has 0 spiro atoms. The van der Waals surface area contributed by atoms with Gasteiger partial charge in [-0.2, -0.15) is 0 Å². The van der Waals surface area contributed by atoms with E-state index in [9.17, 15) is 5.11 Å². The molecule has 4 nitrogen and oxygen atoms in total. The highest BCUT2D eigenvalue weighted by Gasteiger charge is 2.10. The molecule has 92 valence electrons. The zero-order valence-corrected chi connectivity index (χ0v) is 10.3. The predicted octanol–water partition coefficient (Wildman–Crippen LogP) is 2.34. The highest BCUT2D eigenvalue weighted by atomic mass is 16.5. The molecule has 1 aromatic heterocycles. The Morgan fingerprint density at radius 1 is 1.41 bits per heavy atom. The summed E-state index contributed by atoms with van der Waals surface area (Å²) in [4.78, 5) is 4.43. The van der Waals surface area contributed by atoms with Gasteiger partial charge in [0.05, 0.1) is 18.1 Å². The van der Waals surface area contributed by atoms with Gasteiger partial charge in [0, 0.05) is 12.6 Å². The van der Waals surface area contributed by atoms with Gasteiger partial charge in [-0.05, 0) is 18.6 Å².